The third-order valence-electron chi connectivity index (χ3n) is 5.10. The van der Waals surface area contributed by atoms with Crippen LogP contribution in [0.3, 0.4) is 0 Å². The van der Waals surface area contributed by atoms with Crippen LogP contribution in [-0.4, -0.2) is 17.0 Å². The van der Waals surface area contributed by atoms with E-state index in [4.69, 9.17) is 4.74 Å². The minimum absolute atomic E-state index is 0.0698. The molecule has 0 aliphatic heterocycles. The summed E-state index contributed by atoms with van der Waals surface area (Å²) in [6.07, 6.45) is 6.90. The summed E-state index contributed by atoms with van der Waals surface area (Å²) in [5.74, 6) is 0.643. The van der Waals surface area contributed by atoms with E-state index in [1.807, 2.05) is 19.9 Å². The number of nitrogens with one attached hydrogen (secondary N) is 1. The summed E-state index contributed by atoms with van der Waals surface area (Å²) in [6, 6.07) is 12.1. The standard InChI is InChI=1S/C22H28N2O2/c1-16(2)26-20-12-11-19(15-23-20)24-21(25)22(13-5-4-6-14-22)18-9-7-17(3)8-10-18/h7-12,15-16H,4-6,13-14H2,1-3H3,(H,24,25). The second-order valence-corrected chi connectivity index (χ2v) is 7.51. The van der Waals surface area contributed by atoms with Crippen molar-refractivity contribution in [1.82, 2.24) is 4.98 Å². The Bertz CT molecular complexity index is 730. The summed E-state index contributed by atoms with van der Waals surface area (Å²) in [4.78, 5) is 17.6. The number of carbonyl (C=O) groups excluding carboxylic acids is 1. The lowest BCUT2D eigenvalue weighted by molar-refractivity contribution is -0.122. The number of aromatic nitrogens is 1. The van der Waals surface area contributed by atoms with Gasteiger partial charge in [0.2, 0.25) is 11.8 Å². The van der Waals surface area contributed by atoms with Crippen LogP contribution >= 0.6 is 0 Å². The zero-order valence-corrected chi connectivity index (χ0v) is 15.9. The molecule has 26 heavy (non-hydrogen) atoms. The van der Waals surface area contributed by atoms with Crippen LogP contribution in [0.5, 0.6) is 5.88 Å². The van der Waals surface area contributed by atoms with Gasteiger partial charge >= 0.3 is 0 Å². The average Bonchev–Trinajstić information content (AvgIpc) is 2.64. The lowest BCUT2D eigenvalue weighted by atomic mass is 9.68. The van der Waals surface area contributed by atoms with Crippen molar-refractivity contribution < 1.29 is 9.53 Å². The minimum atomic E-state index is -0.445. The zero-order chi connectivity index (χ0) is 18.6. The molecule has 138 valence electrons. The molecule has 0 unspecified atom stereocenters. The molecule has 0 atom stereocenters. The molecule has 1 amide bonds. The molecule has 0 bridgehead atoms. The van der Waals surface area contributed by atoms with Gasteiger partial charge < -0.3 is 10.1 Å². The molecular weight excluding hydrogens is 324 g/mol. The van der Waals surface area contributed by atoms with Gasteiger partial charge in [0.1, 0.15) is 0 Å². The Morgan fingerprint density at radius 3 is 2.35 bits per heavy atom. The summed E-state index contributed by atoms with van der Waals surface area (Å²) in [7, 11) is 0. The Balaban J connectivity index is 1.81. The normalized spacial score (nSPS) is 16.3. The zero-order valence-electron chi connectivity index (χ0n) is 15.9. The highest BCUT2D eigenvalue weighted by Gasteiger charge is 2.41. The largest absolute Gasteiger partial charge is 0.475 e. The molecule has 0 saturated heterocycles. The molecule has 1 aliphatic carbocycles. The van der Waals surface area contributed by atoms with Gasteiger partial charge in [-0.1, -0.05) is 49.1 Å². The second-order valence-electron chi connectivity index (χ2n) is 7.51. The fraction of sp³-hybridized carbons (Fsp3) is 0.455. The van der Waals surface area contributed by atoms with Crippen molar-refractivity contribution in [3.05, 3.63) is 53.7 Å². The molecule has 4 heteroatoms. The predicted molar refractivity (Wildman–Crippen MR) is 105 cm³/mol. The van der Waals surface area contributed by atoms with E-state index in [0.717, 1.165) is 31.2 Å². The summed E-state index contributed by atoms with van der Waals surface area (Å²) in [6.45, 7) is 6.00. The third-order valence-corrected chi connectivity index (χ3v) is 5.10. The van der Waals surface area contributed by atoms with Crippen LogP contribution in [0.25, 0.3) is 0 Å². The molecule has 3 rings (SSSR count). The van der Waals surface area contributed by atoms with Gasteiger partial charge in [0, 0.05) is 6.07 Å². The van der Waals surface area contributed by atoms with Crippen molar-refractivity contribution in [2.24, 2.45) is 0 Å². The maximum atomic E-state index is 13.3. The van der Waals surface area contributed by atoms with Crippen LogP contribution in [0.4, 0.5) is 5.69 Å². The summed E-state index contributed by atoms with van der Waals surface area (Å²) in [5, 5.41) is 3.09. The Hall–Kier alpha value is -2.36. The Labute approximate surface area is 156 Å². The number of anilines is 1. The molecule has 1 N–H and O–H groups in total. The van der Waals surface area contributed by atoms with E-state index in [1.54, 1.807) is 12.3 Å². The van der Waals surface area contributed by atoms with E-state index in [-0.39, 0.29) is 12.0 Å². The second kappa shape index (κ2) is 7.90. The van der Waals surface area contributed by atoms with Gasteiger partial charge in [-0.05, 0) is 45.2 Å². The lowest BCUT2D eigenvalue weighted by Gasteiger charge is -2.36. The summed E-state index contributed by atoms with van der Waals surface area (Å²) < 4.78 is 5.57. The summed E-state index contributed by atoms with van der Waals surface area (Å²) in [5.41, 5.74) is 2.60. The SMILES string of the molecule is Cc1ccc(C2(C(=O)Nc3ccc(OC(C)C)nc3)CCCCC2)cc1. The van der Waals surface area contributed by atoms with Gasteiger partial charge in [-0.3, -0.25) is 4.79 Å². The number of rotatable bonds is 5. The fourth-order valence-electron chi connectivity index (χ4n) is 3.69. The first-order chi connectivity index (χ1) is 12.5. The minimum Gasteiger partial charge on any atom is -0.475 e. The fourth-order valence-corrected chi connectivity index (χ4v) is 3.69. The van der Waals surface area contributed by atoms with Crippen molar-refractivity contribution in [1.29, 1.82) is 0 Å². The first-order valence-electron chi connectivity index (χ1n) is 9.51. The van der Waals surface area contributed by atoms with Gasteiger partial charge in [0.25, 0.3) is 0 Å². The van der Waals surface area contributed by atoms with Crippen LogP contribution in [0.2, 0.25) is 0 Å². The number of aryl methyl sites for hydroxylation is 1. The van der Waals surface area contributed by atoms with Crippen LogP contribution < -0.4 is 10.1 Å². The van der Waals surface area contributed by atoms with Gasteiger partial charge in [-0.15, -0.1) is 0 Å². The predicted octanol–water partition coefficient (Wildman–Crippen LogP) is 5.02. The van der Waals surface area contributed by atoms with Gasteiger partial charge in [0.15, 0.2) is 0 Å². The number of pyridine rings is 1. The number of amides is 1. The Morgan fingerprint density at radius 1 is 1.08 bits per heavy atom. The molecule has 1 aliphatic rings. The monoisotopic (exact) mass is 352 g/mol. The molecule has 4 nitrogen and oxygen atoms in total. The number of benzene rings is 1. The van der Waals surface area contributed by atoms with E-state index in [0.29, 0.717) is 11.6 Å². The van der Waals surface area contributed by atoms with Gasteiger partial charge in [-0.25, -0.2) is 4.98 Å². The van der Waals surface area contributed by atoms with Gasteiger partial charge in [-0.2, -0.15) is 0 Å². The number of hydrogen-bond donors (Lipinski definition) is 1. The van der Waals surface area contributed by atoms with Crippen molar-refractivity contribution >= 4 is 11.6 Å². The van der Waals surface area contributed by atoms with E-state index in [9.17, 15) is 4.79 Å². The maximum absolute atomic E-state index is 13.3. The number of nitrogens with zero attached hydrogens (tertiary/aromatic N) is 1. The van der Waals surface area contributed by atoms with Crippen molar-refractivity contribution in [3.8, 4) is 5.88 Å². The molecular formula is C22H28N2O2. The summed E-state index contributed by atoms with van der Waals surface area (Å²) >= 11 is 0. The smallest absolute Gasteiger partial charge is 0.235 e. The number of carbonyl (C=O) groups is 1. The van der Waals surface area contributed by atoms with Gasteiger partial charge in [0.05, 0.1) is 23.4 Å². The molecule has 1 heterocycles. The topological polar surface area (TPSA) is 51.2 Å². The Morgan fingerprint density at radius 2 is 1.77 bits per heavy atom. The molecule has 2 aromatic rings. The highest BCUT2D eigenvalue weighted by atomic mass is 16.5. The highest BCUT2D eigenvalue weighted by molar-refractivity contribution is 5.99. The van der Waals surface area contributed by atoms with Crippen molar-refractivity contribution in [3.63, 3.8) is 0 Å². The molecule has 0 radical (unpaired) electrons. The van der Waals surface area contributed by atoms with Crippen LogP contribution in [0.15, 0.2) is 42.6 Å². The van der Waals surface area contributed by atoms with Crippen molar-refractivity contribution in [2.75, 3.05) is 5.32 Å². The van der Waals surface area contributed by atoms with Crippen molar-refractivity contribution in [2.45, 2.75) is 64.4 Å². The first-order valence-corrected chi connectivity index (χ1v) is 9.51. The first kappa shape index (κ1) is 18.4. The molecule has 1 aromatic carbocycles. The lowest BCUT2D eigenvalue weighted by Crippen LogP contribution is -2.42. The quantitative estimate of drug-likeness (QED) is 0.822. The average molecular weight is 352 g/mol. The van der Waals surface area contributed by atoms with Crippen LogP contribution in [0.1, 0.15) is 57.1 Å². The number of hydrogen-bond acceptors (Lipinski definition) is 3. The van der Waals surface area contributed by atoms with E-state index < -0.39 is 5.41 Å². The molecule has 1 fully saturated rings. The highest BCUT2D eigenvalue weighted by Crippen LogP contribution is 2.40. The van der Waals surface area contributed by atoms with E-state index in [2.05, 4.69) is 41.5 Å². The van der Waals surface area contributed by atoms with Crippen LogP contribution in [0, 0.1) is 6.92 Å². The number of ether oxygens (including phenoxy) is 1. The molecule has 0 spiro atoms. The van der Waals surface area contributed by atoms with Crippen LogP contribution in [-0.2, 0) is 10.2 Å². The maximum Gasteiger partial charge on any atom is 0.235 e. The Kier molecular flexibility index (Phi) is 5.60. The van der Waals surface area contributed by atoms with E-state index in [1.165, 1.54) is 12.0 Å². The molecule has 1 aromatic heterocycles. The molecule has 1 saturated carbocycles. The third kappa shape index (κ3) is 4.06. The van der Waals surface area contributed by atoms with E-state index >= 15 is 0 Å².